The second-order valence-electron chi connectivity index (χ2n) is 9.73. The molecule has 0 N–H and O–H groups in total. The maximum absolute atomic E-state index is 6.01. The molecule has 3 aromatic rings. The molecule has 0 bridgehead atoms. The summed E-state index contributed by atoms with van der Waals surface area (Å²) < 4.78 is 6.01. The molecule has 0 atom stereocenters. The average Bonchev–Trinajstić information content (AvgIpc) is 2.91. The van der Waals surface area contributed by atoms with Crippen LogP contribution in [0.15, 0.2) is 60.9 Å². The van der Waals surface area contributed by atoms with Crippen LogP contribution in [-0.4, -0.2) is 9.97 Å². The van der Waals surface area contributed by atoms with Crippen molar-refractivity contribution in [1.29, 1.82) is 0 Å². The molecular weight excluding hydrogens is 428 g/mol. The predicted molar refractivity (Wildman–Crippen MR) is 148 cm³/mol. The van der Waals surface area contributed by atoms with Gasteiger partial charge in [0.25, 0.3) is 0 Å². The van der Waals surface area contributed by atoms with E-state index in [1.807, 2.05) is 36.7 Å². The highest BCUT2D eigenvalue weighted by molar-refractivity contribution is 5.55. The van der Waals surface area contributed by atoms with E-state index in [0.29, 0.717) is 6.61 Å². The number of ether oxygens (including phenoxy) is 1. The van der Waals surface area contributed by atoms with Crippen molar-refractivity contribution < 1.29 is 4.74 Å². The fourth-order valence-corrected chi connectivity index (χ4v) is 4.34. The SMILES string of the molecule is CCCCCCCCc1ccc(COc2ccc(-c3ncc(CCCCCCC)cn3)cc2)cc1. The van der Waals surface area contributed by atoms with E-state index in [4.69, 9.17) is 4.74 Å². The Morgan fingerprint density at radius 2 is 1.06 bits per heavy atom. The summed E-state index contributed by atoms with van der Waals surface area (Å²) in [7, 11) is 0. The molecule has 0 unspecified atom stereocenters. The molecule has 3 nitrogen and oxygen atoms in total. The van der Waals surface area contributed by atoms with Crippen LogP contribution < -0.4 is 4.74 Å². The van der Waals surface area contributed by atoms with E-state index in [1.54, 1.807) is 0 Å². The van der Waals surface area contributed by atoms with Crippen molar-refractivity contribution >= 4 is 0 Å². The molecule has 0 saturated carbocycles. The molecule has 0 aliphatic heterocycles. The highest BCUT2D eigenvalue weighted by Crippen LogP contribution is 2.21. The number of aromatic nitrogens is 2. The van der Waals surface area contributed by atoms with Crippen LogP contribution in [0.2, 0.25) is 0 Å². The Morgan fingerprint density at radius 3 is 1.66 bits per heavy atom. The largest absolute Gasteiger partial charge is 0.489 e. The Labute approximate surface area is 213 Å². The van der Waals surface area contributed by atoms with Gasteiger partial charge in [0, 0.05) is 18.0 Å². The third-order valence-electron chi connectivity index (χ3n) is 6.63. The van der Waals surface area contributed by atoms with E-state index < -0.39 is 0 Å². The van der Waals surface area contributed by atoms with Gasteiger partial charge in [-0.2, -0.15) is 0 Å². The molecule has 0 aliphatic rings. The Bertz CT molecular complexity index is 933. The van der Waals surface area contributed by atoms with Crippen molar-refractivity contribution in [3.05, 3.63) is 77.6 Å². The second kappa shape index (κ2) is 16.1. The van der Waals surface area contributed by atoms with Gasteiger partial charge in [0.05, 0.1) is 0 Å². The van der Waals surface area contributed by atoms with Crippen LogP contribution in [0.5, 0.6) is 5.75 Å². The number of unbranched alkanes of at least 4 members (excludes halogenated alkanes) is 9. The first kappa shape index (κ1) is 26.9. The lowest BCUT2D eigenvalue weighted by molar-refractivity contribution is 0.306. The number of nitrogens with zero attached hydrogens (tertiary/aromatic N) is 2. The zero-order chi connectivity index (χ0) is 24.6. The summed E-state index contributed by atoms with van der Waals surface area (Å²) in [5.74, 6) is 1.64. The summed E-state index contributed by atoms with van der Waals surface area (Å²) in [6, 6.07) is 17.0. The molecule has 1 heterocycles. The molecule has 0 radical (unpaired) electrons. The number of hydrogen-bond donors (Lipinski definition) is 0. The molecule has 3 heteroatoms. The van der Waals surface area contributed by atoms with E-state index in [-0.39, 0.29) is 0 Å². The second-order valence-corrected chi connectivity index (χ2v) is 9.73. The highest BCUT2D eigenvalue weighted by atomic mass is 16.5. The van der Waals surface area contributed by atoms with Gasteiger partial charge in [0.2, 0.25) is 0 Å². The summed E-state index contributed by atoms with van der Waals surface area (Å²) in [6.45, 7) is 5.10. The molecular formula is C32H44N2O. The van der Waals surface area contributed by atoms with Gasteiger partial charge in [-0.25, -0.2) is 9.97 Å². The quantitative estimate of drug-likeness (QED) is 0.184. The molecule has 0 saturated heterocycles. The van der Waals surface area contributed by atoms with Crippen LogP contribution in [0.1, 0.15) is 101 Å². The Morgan fingerprint density at radius 1 is 0.543 bits per heavy atom. The van der Waals surface area contributed by atoms with E-state index in [2.05, 4.69) is 48.1 Å². The zero-order valence-electron chi connectivity index (χ0n) is 22.0. The highest BCUT2D eigenvalue weighted by Gasteiger charge is 2.04. The Hall–Kier alpha value is -2.68. The van der Waals surface area contributed by atoms with Crippen molar-refractivity contribution in [2.75, 3.05) is 0 Å². The van der Waals surface area contributed by atoms with Gasteiger partial charge in [-0.15, -0.1) is 0 Å². The van der Waals surface area contributed by atoms with Gasteiger partial charge >= 0.3 is 0 Å². The van der Waals surface area contributed by atoms with Crippen molar-refractivity contribution in [3.8, 4) is 17.1 Å². The fraction of sp³-hybridized carbons (Fsp3) is 0.500. The standard InChI is InChI=1S/C32H44N2O/c1-3-5-7-9-11-12-14-27-16-18-28(19-17-27)26-35-31-22-20-30(21-23-31)32-33-24-29(25-34-32)15-13-10-8-6-4-2/h16-25H,3-15,26H2,1-2H3. The summed E-state index contributed by atoms with van der Waals surface area (Å²) >= 11 is 0. The lowest BCUT2D eigenvalue weighted by Gasteiger charge is -2.08. The molecule has 2 aromatic carbocycles. The smallest absolute Gasteiger partial charge is 0.159 e. The number of aryl methyl sites for hydroxylation is 2. The van der Waals surface area contributed by atoms with Crippen LogP contribution in [-0.2, 0) is 19.4 Å². The van der Waals surface area contributed by atoms with Crippen molar-refractivity contribution in [1.82, 2.24) is 9.97 Å². The summed E-state index contributed by atoms with van der Waals surface area (Å²) in [6.07, 6.45) is 20.7. The minimum absolute atomic E-state index is 0.583. The summed E-state index contributed by atoms with van der Waals surface area (Å²) in [5, 5.41) is 0. The Kier molecular flexibility index (Phi) is 12.4. The van der Waals surface area contributed by atoms with E-state index >= 15 is 0 Å². The minimum Gasteiger partial charge on any atom is -0.489 e. The maximum Gasteiger partial charge on any atom is 0.159 e. The number of benzene rings is 2. The molecule has 188 valence electrons. The van der Waals surface area contributed by atoms with Crippen molar-refractivity contribution in [2.24, 2.45) is 0 Å². The summed E-state index contributed by atoms with van der Waals surface area (Å²) in [5.41, 5.74) is 4.87. The zero-order valence-corrected chi connectivity index (χ0v) is 22.0. The molecule has 0 fully saturated rings. The van der Waals surface area contributed by atoms with Gasteiger partial charge < -0.3 is 4.74 Å². The maximum atomic E-state index is 6.01. The molecule has 0 spiro atoms. The summed E-state index contributed by atoms with van der Waals surface area (Å²) in [4.78, 5) is 9.17. The lowest BCUT2D eigenvalue weighted by Crippen LogP contribution is -1.96. The van der Waals surface area contributed by atoms with Crippen LogP contribution in [0.25, 0.3) is 11.4 Å². The fourth-order valence-electron chi connectivity index (χ4n) is 4.34. The molecule has 35 heavy (non-hydrogen) atoms. The van der Waals surface area contributed by atoms with E-state index in [9.17, 15) is 0 Å². The number of hydrogen-bond acceptors (Lipinski definition) is 3. The Balaban J connectivity index is 1.39. The van der Waals surface area contributed by atoms with Gasteiger partial charge in [-0.3, -0.25) is 0 Å². The third kappa shape index (κ3) is 10.2. The van der Waals surface area contributed by atoms with Gasteiger partial charge in [-0.1, -0.05) is 95.9 Å². The number of rotatable bonds is 17. The van der Waals surface area contributed by atoms with Crippen molar-refractivity contribution in [2.45, 2.75) is 104 Å². The van der Waals surface area contributed by atoms with Crippen LogP contribution in [0.3, 0.4) is 0 Å². The first-order valence-electron chi connectivity index (χ1n) is 13.9. The first-order chi connectivity index (χ1) is 17.3. The van der Waals surface area contributed by atoms with Crippen molar-refractivity contribution in [3.63, 3.8) is 0 Å². The molecule has 0 amide bonds. The van der Waals surface area contributed by atoms with Gasteiger partial charge in [0.15, 0.2) is 5.82 Å². The topological polar surface area (TPSA) is 35.0 Å². The van der Waals surface area contributed by atoms with E-state index in [0.717, 1.165) is 23.6 Å². The predicted octanol–water partition coefficient (Wildman–Crippen LogP) is 9.14. The van der Waals surface area contributed by atoms with E-state index in [1.165, 1.54) is 93.7 Å². The molecule has 0 aliphatic carbocycles. The van der Waals surface area contributed by atoms with Crippen LogP contribution in [0.4, 0.5) is 0 Å². The average molecular weight is 473 g/mol. The first-order valence-corrected chi connectivity index (χ1v) is 13.9. The van der Waals surface area contributed by atoms with Gasteiger partial charge in [-0.05, 0) is 66.6 Å². The minimum atomic E-state index is 0.583. The molecule has 1 aromatic heterocycles. The normalized spacial score (nSPS) is 11.0. The third-order valence-corrected chi connectivity index (χ3v) is 6.63. The van der Waals surface area contributed by atoms with Crippen LogP contribution in [0, 0.1) is 0 Å². The molecule has 3 rings (SSSR count). The lowest BCUT2D eigenvalue weighted by atomic mass is 10.0. The van der Waals surface area contributed by atoms with Crippen LogP contribution >= 0.6 is 0 Å². The monoisotopic (exact) mass is 472 g/mol. The van der Waals surface area contributed by atoms with Gasteiger partial charge in [0.1, 0.15) is 12.4 Å².